The third kappa shape index (κ3) is 5.40. The van der Waals surface area contributed by atoms with E-state index in [1.54, 1.807) is 18.2 Å². The van der Waals surface area contributed by atoms with Crippen LogP contribution >= 0.6 is 23.5 Å². The number of hydrogen-bond donors (Lipinski definition) is 2. The first-order valence-corrected chi connectivity index (χ1v) is 10.8. The van der Waals surface area contributed by atoms with Crippen molar-refractivity contribution in [3.05, 3.63) is 69.8 Å². The number of anilines is 1. The van der Waals surface area contributed by atoms with Gasteiger partial charge in [0.05, 0.1) is 9.51 Å². The molecule has 1 fully saturated rings. The SMILES string of the molecule is O=C(NCCNc1ccccc1[N+](=O)[O-])c1ccc(C2SCCCS2)cc1. The van der Waals surface area contributed by atoms with Crippen LogP contribution in [0.15, 0.2) is 48.5 Å². The van der Waals surface area contributed by atoms with E-state index in [2.05, 4.69) is 10.6 Å². The molecule has 2 N–H and O–H groups in total. The molecule has 1 saturated heterocycles. The summed E-state index contributed by atoms with van der Waals surface area (Å²) in [7, 11) is 0. The van der Waals surface area contributed by atoms with Gasteiger partial charge in [-0.3, -0.25) is 14.9 Å². The molecule has 0 atom stereocenters. The van der Waals surface area contributed by atoms with Crippen LogP contribution in [0.3, 0.4) is 0 Å². The zero-order valence-electron chi connectivity index (χ0n) is 14.7. The molecule has 8 heteroatoms. The number of benzene rings is 2. The Bertz CT molecular complexity index is 793. The average Bonchev–Trinajstić information content (AvgIpc) is 2.72. The summed E-state index contributed by atoms with van der Waals surface area (Å²) in [6.07, 6.45) is 1.26. The van der Waals surface area contributed by atoms with Crippen LogP contribution in [0.4, 0.5) is 11.4 Å². The number of para-hydroxylation sites is 2. The fraction of sp³-hybridized carbons (Fsp3) is 0.316. The number of rotatable bonds is 7. The molecule has 1 aliphatic rings. The molecule has 1 heterocycles. The van der Waals surface area contributed by atoms with Crippen molar-refractivity contribution in [3.8, 4) is 0 Å². The summed E-state index contributed by atoms with van der Waals surface area (Å²) in [5.41, 5.74) is 2.34. The van der Waals surface area contributed by atoms with Crippen LogP contribution in [0.25, 0.3) is 0 Å². The van der Waals surface area contributed by atoms with Gasteiger partial charge in [-0.2, -0.15) is 0 Å². The van der Waals surface area contributed by atoms with Crippen molar-refractivity contribution in [2.24, 2.45) is 0 Å². The summed E-state index contributed by atoms with van der Waals surface area (Å²) in [6, 6.07) is 14.2. The Morgan fingerprint density at radius 1 is 1.07 bits per heavy atom. The van der Waals surface area contributed by atoms with E-state index in [9.17, 15) is 14.9 Å². The molecule has 0 aromatic heterocycles. The number of nitro groups is 1. The summed E-state index contributed by atoms with van der Waals surface area (Å²) in [5.74, 6) is 2.23. The van der Waals surface area contributed by atoms with Gasteiger partial charge in [-0.1, -0.05) is 24.3 Å². The Morgan fingerprint density at radius 3 is 2.48 bits per heavy atom. The summed E-state index contributed by atoms with van der Waals surface area (Å²) in [5, 5.41) is 16.8. The highest BCUT2D eigenvalue weighted by molar-refractivity contribution is 8.16. The molecule has 0 aliphatic carbocycles. The van der Waals surface area contributed by atoms with Crippen molar-refractivity contribution >= 4 is 40.8 Å². The van der Waals surface area contributed by atoms with Gasteiger partial charge in [0.2, 0.25) is 0 Å². The normalized spacial score (nSPS) is 14.5. The van der Waals surface area contributed by atoms with Crippen molar-refractivity contribution in [1.82, 2.24) is 5.32 Å². The zero-order chi connectivity index (χ0) is 19.1. The van der Waals surface area contributed by atoms with Crippen LogP contribution in [0.2, 0.25) is 0 Å². The Kier molecular flexibility index (Phi) is 7.00. The van der Waals surface area contributed by atoms with Crippen molar-refractivity contribution in [2.45, 2.75) is 11.0 Å². The van der Waals surface area contributed by atoms with E-state index >= 15 is 0 Å². The minimum absolute atomic E-state index is 0.0258. The van der Waals surface area contributed by atoms with E-state index in [-0.39, 0.29) is 11.6 Å². The van der Waals surface area contributed by atoms with Gasteiger partial charge in [0.25, 0.3) is 11.6 Å². The number of nitrogens with zero attached hydrogens (tertiary/aromatic N) is 1. The molecule has 27 heavy (non-hydrogen) atoms. The summed E-state index contributed by atoms with van der Waals surface area (Å²) < 4.78 is 0.460. The lowest BCUT2D eigenvalue weighted by atomic mass is 10.1. The molecule has 0 bridgehead atoms. The third-order valence-corrected chi connectivity index (χ3v) is 7.11. The third-order valence-electron chi connectivity index (χ3n) is 4.10. The summed E-state index contributed by atoms with van der Waals surface area (Å²) in [4.78, 5) is 22.8. The van der Waals surface area contributed by atoms with E-state index in [0.29, 0.717) is 28.9 Å². The minimum Gasteiger partial charge on any atom is -0.378 e. The largest absolute Gasteiger partial charge is 0.378 e. The minimum atomic E-state index is -0.425. The number of thioether (sulfide) groups is 2. The fourth-order valence-corrected chi connectivity index (χ4v) is 5.62. The van der Waals surface area contributed by atoms with Crippen LogP contribution < -0.4 is 10.6 Å². The molecule has 2 aromatic carbocycles. The van der Waals surface area contributed by atoms with Crippen molar-refractivity contribution in [1.29, 1.82) is 0 Å². The molecule has 1 amide bonds. The van der Waals surface area contributed by atoms with Crippen molar-refractivity contribution in [2.75, 3.05) is 29.9 Å². The molecule has 3 rings (SSSR count). The molecule has 1 aliphatic heterocycles. The van der Waals surface area contributed by atoms with E-state index in [0.717, 1.165) is 0 Å². The Labute approximate surface area is 166 Å². The molecule has 0 radical (unpaired) electrons. The number of amides is 1. The van der Waals surface area contributed by atoms with E-state index in [1.807, 2.05) is 47.8 Å². The number of nitrogens with one attached hydrogen (secondary N) is 2. The molecule has 142 valence electrons. The van der Waals surface area contributed by atoms with Gasteiger partial charge in [-0.15, -0.1) is 23.5 Å². The summed E-state index contributed by atoms with van der Waals surface area (Å²) >= 11 is 3.91. The predicted molar refractivity (Wildman–Crippen MR) is 113 cm³/mol. The molecular weight excluding hydrogens is 382 g/mol. The molecule has 6 nitrogen and oxygen atoms in total. The highest BCUT2D eigenvalue weighted by Crippen LogP contribution is 2.43. The maximum Gasteiger partial charge on any atom is 0.292 e. The lowest BCUT2D eigenvalue weighted by Gasteiger charge is -2.21. The van der Waals surface area contributed by atoms with E-state index in [1.165, 1.54) is 29.6 Å². The lowest BCUT2D eigenvalue weighted by molar-refractivity contribution is -0.384. The van der Waals surface area contributed by atoms with Gasteiger partial charge in [-0.05, 0) is 41.7 Å². The standard InChI is InChI=1S/C19H21N3O3S2/c23-18(14-6-8-15(9-7-14)19-26-12-3-13-27-19)21-11-10-20-16-4-1-2-5-17(16)22(24)25/h1-2,4-9,19-20H,3,10-13H2,(H,21,23). The van der Waals surface area contributed by atoms with Crippen LogP contribution in [0, 0.1) is 10.1 Å². The van der Waals surface area contributed by atoms with Crippen LogP contribution in [-0.2, 0) is 0 Å². The monoisotopic (exact) mass is 403 g/mol. The highest BCUT2D eigenvalue weighted by Gasteiger charge is 2.17. The van der Waals surface area contributed by atoms with Gasteiger partial charge in [-0.25, -0.2) is 0 Å². The smallest absolute Gasteiger partial charge is 0.292 e. The Balaban J connectivity index is 1.47. The molecule has 2 aromatic rings. The second-order valence-electron chi connectivity index (χ2n) is 6.01. The second kappa shape index (κ2) is 9.66. The highest BCUT2D eigenvalue weighted by atomic mass is 32.2. The molecule has 0 spiro atoms. The van der Waals surface area contributed by atoms with Gasteiger partial charge < -0.3 is 10.6 Å². The van der Waals surface area contributed by atoms with Crippen molar-refractivity contribution in [3.63, 3.8) is 0 Å². The van der Waals surface area contributed by atoms with Gasteiger partial charge in [0.1, 0.15) is 5.69 Å². The lowest BCUT2D eigenvalue weighted by Crippen LogP contribution is -2.28. The summed E-state index contributed by atoms with van der Waals surface area (Å²) in [6.45, 7) is 0.783. The van der Waals surface area contributed by atoms with Crippen LogP contribution in [0.5, 0.6) is 0 Å². The average molecular weight is 404 g/mol. The Hall–Kier alpha value is -2.19. The first-order valence-electron chi connectivity index (χ1n) is 8.74. The number of nitro benzene ring substituents is 1. The molecular formula is C19H21N3O3S2. The van der Waals surface area contributed by atoms with E-state index in [4.69, 9.17) is 0 Å². The van der Waals surface area contributed by atoms with Gasteiger partial charge in [0.15, 0.2) is 0 Å². The zero-order valence-corrected chi connectivity index (χ0v) is 16.4. The number of carbonyl (C=O) groups excluding carboxylic acids is 1. The van der Waals surface area contributed by atoms with Crippen LogP contribution in [-0.4, -0.2) is 35.4 Å². The fourth-order valence-electron chi connectivity index (χ4n) is 2.73. The topological polar surface area (TPSA) is 84.3 Å². The Morgan fingerprint density at radius 2 is 1.78 bits per heavy atom. The number of hydrogen-bond acceptors (Lipinski definition) is 6. The first kappa shape index (κ1) is 19.6. The van der Waals surface area contributed by atoms with E-state index < -0.39 is 4.92 Å². The van der Waals surface area contributed by atoms with Gasteiger partial charge >= 0.3 is 0 Å². The maximum absolute atomic E-state index is 12.3. The molecule has 0 saturated carbocycles. The maximum atomic E-state index is 12.3. The van der Waals surface area contributed by atoms with Crippen molar-refractivity contribution < 1.29 is 9.72 Å². The first-order chi connectivity index (χ1) is 13.1. The number of carbonyl (C=O) groups is 1. The predicted octanol–water partition coefficient (Wildman–Crippen LogP) is 4.31. The van der Waals surface area contributed by atoms with Gasteiger partial charge in [0, 0.05) is 24.7 Å². The molecule has 0 unspecified atom stereocenters. The second-order valence-corrected chi connectivity index (χ2v) is 8.73. The quantitative estimate of drug-likeness (QED) is 0.407. The van der Waals surface area contributed by atoms with Crippen LogP contribution in [0.1, 0.15) is 26.9 Å².